The molecular formula is C13H19ClN6. The van der Waals surface area contributed by atoms with Gasteiger partial charge in [0.2, 0.25) is 5.28 Å². The molecule has 0 bridgehead atoms. The summed E-state index contributed by atoms with van der Waals surface area (Å²) < 4.78 is 0. The smallest absolute Gasteiger partial charge is 0.226 e. The number of hydrogen-bond donors (Lipinski definition) is 2. The van der Waals surface area contributed by atoms with Gasteiger partial charge in [-0.3, -0.25) is 5.10 Å². The quantitative estimate of drug-likeness (QED) is 0.828. The van der Waals surface area contributed by atoms with E-state index in [9.17, 15) is 0 Å². The Balaban J connectivity index is 1.60. The first-order valence-electron chi connectivity index (χ1n) is 7.05. The third-order valence-corrected chi connectivity index (χ3v) is 4.16. The number of fused-ring (bicyclic) bond motifs is 1. The van der Waals surface area contributed by atoms with Crippen LogP contribution in [0.25, 0.3) is 11.0 Å². The largest absolute Gasteiger partial charge is 0.368 e. The van der Waals surface area contributed by atoms with Gasteiger partial charge in [-0.05, 0) is 31.5 Å². The molecule has 0 saturated heterocycles. The highest BCUT2D eigenvalue weighted by atomic mass is 35.5. The minimum absolute atomic E-state index is 0.230. The lowest BCUT2D eigenvalue weighted by Crippen LogP contribution is -2.33. The predicted molar refractivity (Wildman–Crippen MR) is 80.1 cm³/mol. The molecule has 0 aromatic carbocycles. The van der Waals surface area contributed by atoms with Crippen molar-refractivity contribution in [2.24, 2.45) is 0 Å². The second-order valence-corrected chi connectivity index (χ2v) is 5.66. The molecule has 2 aromatic heterocycles. The molecule has 20 heavy (non-hydrogen) atoms. The van der Waals surface area contributed by atoms with Crippen molar-refractivity contribution in [1.82, 2.24) is 25.1 Å². The van der Waals surface area contributed by atoms with Crippen LogP contribution in [0.15, 0.2) is 6.20 Å². The van der Waals surface area contributed by atoms with Crippen molar-refractivity contribution in [3.05, 3.63) is 11.5 Å². The number of aromatic amines is 1. The molecule has 1 aliphatic rings. The van der Waals surface area contributed by atoms with Gasteiger partial charge in [0.05, 0.1) is 11.6 Å². The molecule has 0 atom stereocenters. The molecule has 1 saturated carbocycles. The first-order chi connectivity index (χ1) is 9.74. The second-order valence-electron chi connectivity index (χ2n) is 5.32. The summed E-state index contributed by atoms with van der Waals surface area (Å²) >= 11 is 5.91. The Morgan fingerprint density at radius 2 is 2.20 bits per heavy atom. The van der Waals surface area contributed by atoms with Crippen LogP contribution in [0.3, 0.4) is 0 Å². The lowest BCUT2D eigenvalue weighted by Gasteiger charge is -2.24. The number of nitrogens with zero attached hydrogens (tertiary/aromatic N) is 4. The van der Waals surface area contributed by atoms with Crippen molar-refractivity contribution in [3.8, 4) is 0 Å². The third-order valence-electron chi connectivity index (χ3n) is 3.99. The van der Waals surface area contributed by atoms with E-state index in [1.165, 1.54) is 25.7 Å². The number of hydrogen-bond acceptors (Lipinski definition) is 5. The molecule has 108 valence electrons. The fraction of sp³-hybridized carbons (Fsp3) is 0.615. The van der Waals surface area contributed by atoms with Crippen LogP contribution in [0.2, 0.25) is 5.28 Å². The summed E-state index contributed by atoms with van der Waals surface area (Å²) in [5.41, 5.74) is 0.664. The third kappa shape index (κ3) is 2.86. The van der Waals surface area contributed by atoms with E-state index in [0.29, 0.717) is 5.65 Å². The fourth-order valence-corrected chi connectivity index (χ4v) is 2.99. The van der Waals surface area contributed by atoms with Crippen molar-refractivity contribution < 1.29 is 0 Å². The molecule has 2 N–H and O–H groups in total. The summed E-state index contributed by atoms with van der Waals surface area (Å²) in [6.45, 7) is 1.83. The predicted octanol–water partition coefficient (Wildman–Crippen LogP) is 2.29. The first-order valence-corrected chi connectivity index (χ1v) is 7.42. The number of H-pyrrole nitrogens is 1. The molecule has 0 unspecified atom stereocenters. The van der Waals surface area contributed by atoms with E-state index in [0.717, 1.165) is 30.3 Å². The number of anilines is 1. The Hall–Kier alpha value is -1.40. The second kappa shape index (κ2) is 5.93. The monoisotopic (exact) mass is 294 g/mol. The van der Waals surface area contributed by atoms with Crippen LogP contribution in [0.5, 0.6) is 0 Å². The topological polar surface area (TPSA) is 69.7 Å². The molecule has 0 spiro atoms. The van der Waals surface area contributed by atoms with Crippen LogP contribution in [0, 0.1) is 0 Å². The summed E-state index contributed by atoms with van der Waals surface area (Å²) in [6.07, 6.45) is 7.08. The Morgan fingerprint density at radius 3 is 3.00 bits per heavy atom. The standard InChI is InChI=1S/C13H19ClN6/c1-20(9-4-2-3-5-9)7-6-15-11-10-8-16-19-12(10)18-13(14)17-11/h8-9H,2-7H2,1H3,(H2,15,16,17,18,19). The average molecular weight is 295 g/mol. The van der Waals surface area contributed by atoms with Gasteiger partial charge in [-0.2, -0.15) is 15.1 Å². The highest BCUT2D eigenvalue weighted by molar-refractivity contribution is 6.28. The number of nitrogens with one attached hydrogen (secondary N) is 2. The molecule has 0 aliphatic heterocycles. The van der Waals surface area contributed by atoms with E-state index in [-0.39, 0.29) is 5.28 Å². The number of aromatic nitrogens is 4. The number of halogens is 1. The van der Waals surface area contributed by atoms with E-state index in [2.05, 4.69) is 37.4 Å². The van der Waals surface area contributed by atoms with Gasteiger partial charge in [0, 0.05) is 19.1 Å². The zero-order chi connectivity index (χ0) is 13.9. The Morgan fingerprint density at radius 1 is 1.40 bits per heavy atom. The molecule has 3 rings (SSSR count). The summed E-state index contributed by atoms with van der Waals surface area (Å²) in [7, 11) is 2.19. The van der Waals surface area contributed by atoms with Gasteiger partial charge in [0.15, 0.2) is 5.65 Å². The molecule has 7 heteroatoms. The molecule has 2 aromatic rings. The van der Waals surface area contributed by atoms with Crippen molar-refractivity contribution in [3.63, 3.8) is 0 Å². The van der Waals surface area contributed by atoms with E-state index in [4.69, 9.17) is 11.6 Å². The van der Waals surface area contributed by atoms with Gasteiger partial charge in [0.25, 0.3) is 0 Å². The summed E-state index contributed by atoms with van der Waals surface area (Å²) in [6, 6.07) is 0.736. The normalized spacial score (nSPS) is 16.4. The molecule has 1 aliphatic carbocycles. The van der Waals surface area contributed by atoms with E-state index >= 15 is 0 Å². The summed E-state index contributed by atoms with van der Waals surface area (Å²) in [5, 5.41) is 11.2. The van der Waals surface area contributed by atoms with Crippen LogP contribution in [-0.2, 0) is 0 Å². The zero-order valence-electron chi connectivity index (χ0n) is 11.6. The van der Waals surface area contributed by atoms with Crippen LogP contribution < -0.4 is 5.32 Å². The summed E-state index contributed by atoms with van der Waals surface area (Å²) in [5.74, 6) is 0.744. The highest BCUT2D eigenvalue weighted by Crippen LogP contribution is 2.22. The SMILES string of the molecule is CN(CCNc1nc(Cl)nc2[nH]ncc12)C1CCCC1. The lowest BCUT2D eigenvalue weighted by atomic mass is 10.2. The molecule has 1 fully saturated rings. The molecule has 6 nitrogen and oxygen atoms in total. The van der Waals surface area contributed by atoms with Gasteiger partial charge in [-0.25, -0.2) is 0 Å². The molecular weight excluding hydrogens is 276 g/mol. The maximum atomic E-state index is 5.91. The molecule has 0 amide bonds. The van der Waals surface area contributed by atoms with Crippen LogP contribution in [0.1, 0.15) is 25.7 Å². The van der Waals surface area contributed by atoms with Crippen LogP contribution in [0.4, 0.5) is 5.82 Å². The number of likely N-dealkylation sites (N-methyl/N-ethyl adjacent to an activating group) is 1. The van der Waals surface area contributed by atoms with Gasteiger partial charge >= 0.3 is 0 Å². The maximum Gasteiger partial charge on any atom is 0.226 e. The minimum atomic E-state index is 0.230. The van der Waals surface area contributed by atoms with E-state index in [1.807, 2.05) is 0 Å². The molecule has 0 radical (unpaired) electrons. The van der Waals surface area contributed by atoms with Gasteiger partial charge in [-0.15, -0.1) is 0 Å². The number of rotatable bonds is 5. The Labute approximate surface area is 122 Å². The van der Waals surface area contributed by atoms with Crippen molar-refractivity contribution >= 4 is 28.5 Å². The summed E-state index contributed by atoms with van der Waals surface area (Å²) in [4.78, 5) is 10.7. The van der Waals surface area contributed by atoms with Crippen LogP contribution in [-0.4, -0.2) is 51.2 Å². The minimum Gasteiger partial charge on any atom is -0.368 e. The highest BCUT2D eigenvalue weighted by Gasteiger charge is 2.19. The van der Waals surface area contributed by atoms with Crippen molar-refractivity contribution in [2.75, 3.05) is 25.5 Å². The van der Waals surface area contributed by atoms with E-state index < -0.39 is 0 Å². The Bertz CT molecular complexity index is 577. The Kier molecular flexibility index (Phi) is 4.03. The van der Waals surface area contributed by atoms with Gasteiger partial charge < -0.3 is 10.2 Å². The van der Waals surface area contributed by atoms with Crippen LogP contribution >= 0.6 is 11.6 Å². The van der Waals surface area contributed by atoms with Gasteiger partial charge in [-0.1, -0.05) is 12.8 Å². The maximum absolute atomic E-state index is 5.91. The fourth-order valence-electron chi connectivity index (χ4n) is 2.82. The van der Waals surface area contributed by atoms with Gasteiger partial charge in [0.1, 0.15) is 5.82 Å². The van der Waals surface area contributed by atoms with Crippen molar-refractivity contribution in [2.45, 2.75) is 31.7 Å². The first kappa shape index (κ1) is 13.6. The molecule has 2 heterocycles. The lowest BCUT2D eigenvalue weighted by molar-refractivity contribution is 0.254. The van der Waals surface area contributed by atoms with E-state index in [1.54, 1.807) is 6.20 Å². The zero-order valence-corrected chi connectivity index (χ0v) is 12.3. The van der Waals surface area contributed by atoms with Crippen molar-refractivity contribution in [1.29, 1.82) is 0 Å². The average Bonchev–Trinajstić information content (AvgIpc) is 3.09.